The first-order valence-corrected chi connectivity index (χ1v) is 10.9. The van der Waals surface area contributed by atoms with E-state index in [9.17, 15) is 9.59 Å². The number of benzene rings is 4. The summed E-state index contributed by atoms with van der Waals surface area (Å²) < 4.78 is 0. The number of amides is 1. The summed E-state index contributed by atoms with van der Waals surface area (Å²) in [4.78, 5) is 29.5. The summed E-state index contributed by atoms with van der Waals surface area (Å²) >= 11 is 6.15. The van der Waals surface area contributed by atoms with Gasteiger partial charge in [-0.25, -0.2) is 0 Å². The van der Waals surface area contributed by atoms with Crippen LogP contribution in [-0.2, 0) is 0 Å². The van der Waals surface area contributed by atoms with Crippen molar-refractivity contribution in [2.75, 3.05) is 5.32 Å². The molecular weight excluding hydrogens is 432 g/mol. The third-order valence-electron chi connectivity index (χ3n) is 5.52. The van der Waals surface area contributed by atoms with Gasteiger partial charge in [0, 0.05) is 27.1 Å². The van der Waals surface area contributed by atoms with Crippen LogP contribution in [-0.4, -0.2) is 16.7 Å². The molecule has 1 aromatic heterocycles. The average molecular weight is 451 g/mol. The zero-order valence-corrected chi connectivity index (χ0v) is 18.3. The van der Waals surface area contributed by atoms with Crippen LogP contribution < -0.4 is 5.32 Å². The van der Waals surface area contributed by atoms with Gasteiger partial charge in [0.15, 0.2) is 0 Å². The van der Waals surface area contributed by atoms with E-state index in [1.807, 2.05) is 48.5 Å². The van der Waals surface area contributed by atoms with Gasteiger partial charge in [0.2, 0.25) is 5.78 Å². The fourth-order valence-electron chi connectivity index (χ4n) is 3.83. The molecule has 5 heteroatoms. The van der Waals surface area contributed by atoms with Crippen molar-refractivity contribution in [2.24, 2.45) is 0 Å². The van der Waals surface area contributed by atoms with E-state index in [4.69, 9.17) is 11.6 Å². The summed E-state index contributed by atoms with van der Waals surface area (Å²) in [6.07, 6.45) is 0. The van der Waals surface area contributed by atoms with Crippen molar-refractivity contribution >= 4 is 39.9 Å². The molecule has 0 unspecified atom stereocenters. The van der Waals surface area contributed by atoms with Gasteiger partial charge in [-0.3, -0.25) is 9.59 Å². The van der Waals surface area contributed by atoms with Crippen LogP contribution in [0.2, 0.25) is 5.02 Å². The molecular formula is C28H19ClN2O2. The first-order chi connectivity index (χ1) is 16.1. The van der Waals surface area contributed by atoms with Crippen molar-refractivity contribution in [2.45, 2.75) is 0 Å². The van der Waals surface area contributed by atoms with Crippen LogP contribution in [0.3, 0.4) is 0 Å². The Morgan fingerprint density at radius 3 is 2.03 bits per heavy atom. The van der Waals surface area contributed by atoms with Crippen LogP contribution in [0.15, 0.2) is 103 Å². The quantitative estimate of drug-likeness (QED) is 0.284. The Labute approximate surface area is 195 Å². The monoisotopic (exact) mass is 450 g/mol. The maximum atomic E-state index is 13.2. The van der Waals surface area contributed by atoms with Crippen molar-refractivity contribution in [3.05, 3.63) is 125 Å². The fraction of sp³-hybridized carbons (Fsp3) is 0. The van der Waals surface area contributed by atoms with Crippen LogP contribution in [0.1, 0.15) is 26.4 Å². The summed E-state index contributed by atoms with van der Waals surface area (Å²) in [5.41, 5.74) is 4.55. The van der Waals surface area contributed by atoms with Gasteiger partial charge in [0.1, 0.15) is 5.69 Å². The van der Waals surface area contributed by atoms with Gasteiger partial charge in [-0.2, -0.15) is 0 Å². The fourth-order valence-corrected chi connectivity index (χ4v) is 4.01. The second-order valence-corrected chi connectivity index (χ2v) is 8.09. The highest BCUT2D eigenvalue weighted by atomic mass is 35.5. The molecule has 0 atom stereocenters. The van der Waals surface area contributed by atoms with Gasteiger partial charge in [-0.05, 0) is 41.5 Å². The highest BCUT2D eigenvalue weighted by Gasteiger charge is 2.21. The molecule has 0 aliphatic carbocycles. The summed E-state index contributed by atoms with van der Waals surface area (Å²) in [5, 5.41) is 4.20. The average Bonchev–Trinajstić information content (AvgIpc) is 3.21. The number of rotatable bonds is 5. The normalized spacial score (nSPS) is 10.8. The van der Waals surface area contributed by atoms with Crippen LogP contribution in [0, 0.1) is 0 Å². The lowest BCUT2D eigenvalue weighted by Gasteiger charge is -2.09. The largest absolute Gasteiger partial charge is 0.350 e. The SMILES string of the molecule is O=C(Nc1c(C(=O)c2ccccc2)[nH]c2cc(Cl)ccc12)c1ccc(-c2ccccc2)cc1. The molecule has 0 radical (unpaired) electrons. The number of hydrogen-bond acceptors (Lipinski definition) is 2. The van der Waals surface area contributed by atoms with Crippen molar-refractivity contribution in [3.63, 3.8) is 0 Å². The van der Waals surface area contributed by atoms with E-state index in [-0.39, 0.29) is 11.7 Å². The van der Waals surface area contributed by atoms with Gasteiger partial charge in [-0.15, -0.1) is 0 Å². The topological polar surface area (TPSA) is 62.0 Å². The molecule has 0 aliphatic heterocycles. The zero-order valence-electron chi connectivity index (χ0n) is 17.5. The van der Waals surface area contributed by atoms with E-state index in [1.54, 1.807) is 54.6 Å². The molecule has 5 rings (SSSR count). The minimum atomic E-state index is -0.299. The number of H-pyrrole nitrogens is 1. The summed E-state index contributed by atoms with van der Waals surface area (Å²) in [6, 6.07) is 31.6. The Balaban J connectivity index is 1.50. The summed E-state index contributed by atoms with van der Waals surface area (Å²) in [6.45, 7) is 0. The Bertz CT molecular complexity index is 1460. The molecule has 4 aromatic carbocycles. The lowest BCUT2D eigenvalue weighted by atomic mass is 10.0. The van der Waals surface area contributed by atoms with Crippen molar-refractivity contribution in [1.29, 1.82) is 0 Å². The molecule has 33 heavy (non-hydrogen) atoms. The standard InChI is InChI=1S/C28H19ClN2O2/c29-22-15-16-23-24(17-22)30-26(27(32)20-9-5-2-6-10-20)25(23)31-28(33)21-13-11-19(12-14-21)18-7-3-1-4-8-18/h1-17,30H,(H,31,33). The number of anilines is 1. The molecule has 0 fully saturated rings. The molecule has 4 nitrogen and oxygen atoms in total. The van der Waals surface area contributed by atoms with Gasteiger partial charge in [0.05, 0.1) is 5.69 Å². The number of carbonyl (C=O) groups excluding carboxylic acids is 2. The first-order valence-electron chi connectivity index (χ1n) is 10.5. The van der Waals surface area contributed by atoms with Crippen molar-refractivity contribution < 1.29 is 9.59 Å². The molecule has 0 saturated carbocycles. The van der Waals surface area contributed by atoms with Crippen LogP contribution >= 0.6 is 11.6 Å². The summed E-state index contributed by atoms with van der Waals surface area (Å²) in [7, 11) is 0. The number of fused-ring (bicyclic) bond motifs is 1. The summed E-state index contributed by atoms with van der Waals surface area (Å²) in [5.74, 6) is -0.509. The van der Waals surface area contributed by atoms with E-state index in [0.29, 0.717) is 38.4 Å². The second-order valence-electron chi connectivity index (χ2n) is 7.66. The number of hydrogen-bond donors (Lipinski definition) is 2. The Morgan fingerprint density at radius 1 is 0.697 bits per heavy atom. The third-order valence-corrected chi connectivity index (χ3v) is 5.75. The van der Waals surface area contributed by atoms with E-state index in [2.05, 4.69) is 10.3 Å². The molecule has 2 N–H and O–H groups in total. The Kier molecular flexibility index (Phi) is 5.51. The molecule has 0 bridgehead atoms. The molecule has 160 valence electrons. The maximum Gasteiger partial charge on any atom is 0.255 e. The lowest BCUT2D eigenvalue weighted by Crippen LogP contribution is -2.14. The lowest BCUT2D eigenvalue weighted by molar-refractivity contribution is 0.102. The third kappa shape index (κ3) is 4.16. The zero-order chi connectivity index (χ0) is 22.8. The van der Waals surface area contributed by atoms with Gasteiger partial charge in [0.25, 0.3) is 5.91 Å². The number of halogens is 1. The highest BCUT2D eigenvalue weighted by Crippen LogP contribution is 2.32. The Morgan fingerprint density at radius 2 is 1.33 bits per heavy atom. The smallest absolute Gasteiger partial charge is 0.255 e. The van der Waals surface area contributed by atoms with E-state index >= 15 is 0 Å². The number of nitrogens with one attached hydrogen (secondary N) is 2. The second kappa shape index (κ2) is 8.77. The molecule has 1 heterocycles. The number of ketones is 1. The minimum Gasteiger partial charge on any atom is -0.350 e. The van der Waals surface area contributed by atoms with Crippen molar-refractivity contribution in [1.82, 2.24) is 4.98 Å². The van der Waals surface area contributed by atoms with Gasteiger partial charge < -0.3 is 10.3 Å². The molecule has 1 amide bonds. The van der Waals surface area contributed by atoms with Crippen LogP contribution in [0.4, 0.5) is 5.69 Å². The molecule has 0 saturated heterocycles. The first kappa shape index (κ1) is 20.7. The van der Waals surface area contributed by atoms with Crippen LogP contribution in [0.5, 0.6) is 0 Å². The number of aromatic amines is 1. The minimum absolute atomic E-state index is 0.211. The molecule has 0 spiro atoms. The maximum absolute atomic E-state index is 13.2. The van der Waals surface area contributed by atoms with Gasteiger partial charge >= 0.3 is 0 Å². The van der Waals surface area contributed by atoms with Crippen LogP contribution in [0.25, 0.3) is 22.0 Å². The number of aromatic nitrogens is 1. The van der Waals surface area contributed by atoms with E-state index < -0.39 is 0 Å². The van der Waals surface area contributed by atoms with Gasteiger partial charge in [-0.1, -0.05) is 84.4 Å². The Hall–Kier alpha value is -4.15. The number of carbonyl (C=O) groups is 2. The van der Waals surface area contributed by atoms with E-state index in [0.717, 1.165) is 11.1 Å². The van der Waals surface area contributed by atoms with Crippen molar-refractivity contribution in [3.8, 4) is 11.1 Å². The van der Waals surface area contributed by atoms with E-state index in [1.165, 1.54) is 0 Å². The predicted octanol–water partition coefficient (Wildman–Crippen LogP) is 6.97. The molecule has 5 aromatic rings. The molecule has 0 aliphatic rings. The predicted molar refractivity (Wildman–Crippen MR) is 133 cm³/mol. The highest BCUT2D eigenvalue weighted by molar-refractivity contribution is 6.31.